The maximum atomic E-state index is 12.4. The van der Waals surface area contributed by atoms with Gasteiger partial charge < -0.3 is 9.84 Å². The number of carbonyl (C=O) groups is 1. The van der Waals surface area contributed by atoms with Gasteiger partial charge in [0.15, 0.2) is 5.82 Å². The zero-order valence-electron chi connectivity index (χ0n) is 15.8. The van der Waals surface area contributed by atoms with Gasteiger partial charge in [-0.25, -0.2) is 0 Å². The number of amides is 1. The number of aromatic nitrogens is 2. The molecule has 1 aliphatic carbocycles. The molecule has 1 amide bonds. The van der Waals surface area contributed by atoms with Crippen molar-refractivity contribution in [1.29, 1.82) is 0 Å². The number of nitrogens with zero attached hydrogens (tertiary/aromatic N) is 2. The number of fused-ring (bicyclic) bond motifs is 1. The van der Waals surface area contributed by atoms with E-state index < -0.39 is 0 Å². The lowest BCUT2D eigenvalue weighted by Gasteiger charge is -2.12. The fourth-order valence-corrected chi connectivity index (χ4v) is 3.86. The van der Waals surface area contributed by atoms with Gasteiger partial charge in [-0.05, 0) is 62.4 Å². The molecule has 5 nitrogen and oxygen atoms in total. The molecule has 1 atom stereocenters. The van der Waals surface area contributed by atoms with Gasteiger partial charge in [-0.1, -0.05) is 29.4 Å². The zero-order chi connectivity index (χ0) is 19.0. The highest BCUT2D eigenvalue weighted by molar-refractivity contribution is 5.92. The Kier molecular flexibility index (Phi) is 4.44. The number of hydrogen-bond donors (Lipinski definition) is 1. The van der Waals surface area contributed by atoms with Gasteiger partial charge in [0.25, 0.3) is 0 Å². The lowest BCUT2D eigenvalue weighted by Crippen LogP contribution is -2.25. The van der Waals surface area contributed by atoms with E-state index in [-0.39, 0.29) is 11.9 Å². The molecule has 0 saturated carbocycles. The first kappa shape index (κ1) is 17.3. The first-order chi connectivity index (χ1) is 13.0. The van der Waals surface area contributed by atoms with Gasteiger partial charge in [-0.3, -0.25) is 9.36 Å². The number of aryl methyl sites for hydroxylation is 3. The largest absolute Gasteiger partial charge is 0.360 e. The molecular formula is C22H23N3O2. The van der Waals surface area contributed by atoms with Crippen LogP contribution < -0.4 is 5.32 Å². The van der Waals surface area contributed by atoms with Crippen LogP contribution in [-0.2, 0) is 11.2 Å². The zero-order valence-corrected chi connectivity index (χ0v) is 15.8. The third kappa shape index (κ3) is 3.33. The molecule has 1 aromatic carbocycles. The molecule has 1 N–H and O–H groups in total. The molecular weight excluding hydrogens is 338 g/mol. The second kappa shape index (κ2) is 6.91. The Morgan fingerprint density at radius 2 is 2.07 bits per heavy atom. The van der Waals surface area contributed by atoms with Crippen LogP contribution in [0.25, 0.3) is 11.9 Å². The lowest BCUT2D eigenvalue weighted by atomic mass is 10.1. The van der Waals surface area contributed by atoms with Crippen molar-refractivity contribution in [1.82, 2.24) is 15.0 Å². The summed E-state index contributed by atoms with van der Waals surface area (Å²) in [4.78, 5) is 12.4. The summed E-state index contributed by atoms with van der Waals surface area (Å²) in [6.45, 7) is 5.91. The molecule has 2 aromatic heterocycles. The summed E-state index contributed by atoms with van der Waals surface area (Å²) in [5.41, 5.74) is 5.63. The van der Waals surface area contributed by atoms with E-state index in [1.54, 1.807) is 6.08 Å². The van der Waals surface area contributed by atoms with E-state index in [0.29, 0.717) is 0 Å². The number of carbonyl (C=O) groups excluding carboxylic acids is 1. The van der Waals surface area contributed by atoms with Crippen molar-refractivity contribution < 1.29 is 9.32 Å². The number of rotatable bonds is 4. The number of hydrogen-bond acceptors (Lipinski definition) is 3. The minimum atomic E-state index is -0.0706. The summed E-state index contributed by atoms with van der Waals surface area (Å²) in [7, 11) is 0. The fraction of sp³-hybridized carbons (Fsp3) is 0.273. The highest BCUT2D eigenvalue weighted by atomic mass is 16.5. The standard InChI is InChI=1S/C22H23N3O2/c1-14-12-18(16(3)25(14)21-13-15(2)27-24-21)9-11-22(26)23-20-10-8-17-6-4-5-7-19(17)20/h4-7,9,11-13,20H,8,10H2,1-3H3,(H,23,26). The third-order valence-corrected chi connectivity index (χ3v) is 5.18. The molecule has 1 unspecified atom stereocenters. The second-order valence-electron chi connectivity index (χ2n) is 7.09. The molecule has 0 radical (unpaired) electrons. The van der Waals surface area contributed by atoms with Crippen LogP contribution in [0.15, 0.2) is 47.0 Å². The molecule has 2 heterocycles. The van der Waals surface area contributed by atoms with Crippen molar-refractivity contribution in [3.05, 3.63) is 76.3 Å². The summed E-state index contributed by atoms with van der Waals surface area (Å²) < 4.78 is 7.22. The van der Waals surface area contributed by atoms with Crippen molar-refractivity contribution in [2.75, 3.05) is 0 Å². The van der Waals surface area contributed by atoms with Gasteiger partial charge in [0.1, 0.15) is 5.76 Å². The average molecular weight is 361 g/mol. The van der Waals surface area contributed by atoms with Crippen LogP contribution in [0.4, 0.5) is 0 Å². The van der Waals surface area contributed by atoms with Crippen LogP contribution >= 0.6 is 0 Å². The molecule has 4 rings (SSSR count). The summed E-state index contributed by atoms with van der Waals surface area (Å²) in [6, 6.07) is 12.4. The van der Waals surface area contributed by atoms with Crippen molar-refractivity contribution in [3.63, 3.8) is 0 Å². The third-order valence-electron chi connectivity index (χ3n) is 5.18. The Morgan fingerprint density at radius 3 is 2.85 bits per heavy atom. The highest BCUT2D eigenvalue weighted by Gasteiger charge is 2.22. The Labute approximate surface area is 158 Å². The topological polar surface area (TPSA) is 60.1 Å². The van der Waals surface area contributed by atoms with Gasteiger partial charge in [0.2, 0.25) is 5.91 Å². The molecule has 0 bridgehead atoms. The Morgan fingerprint density at radius 1 is 1.26 bits per heavy atom. The van der Waals surface area contributed by atoms with Crippen LogP contribution in [0.1, 0.15) is 46.3 Å². The summed E-state index contributed by atoms with van der Waals surface area (Å²) >= 11 is 0. The first-order valence-corrected chi connectivity index (χ1v) is 9.22. The molecule has 0 saturated heterocycles. The Balaban J connectivity index is 1.50. The van der Waals surface area contributed by atoms with Crippen LogP contribution in [0.3, 0.4) is 0 Å². The SMILES string of the molecule is Cc1cc(-n2c(C)cc(C=CC(=O)NC3CCc4ccccc43)c2C)no1. The lowest BCUT2D eigenvalue weighted by molar-refractivity contribution is -0.117. The van der Waals surface area contributed by atoms with E-state index in [2.05, 4.69) is 28.7 Å². The van der Waals surface area contributed by atoms with Crippen molar-refractivity contribution in [2.24, 2.45) is 0 Å². The minimum absolute atomic E-state index is 0.0706. The van der Waals surface area contributed by atoms with Crippen molar-refractivity contribution >= 4 is 12.0 Å². The first-order valence-electron chi connectivity index (χ1n) is 9.22. The molecule has 0 aliphatic heterocycles. The van der Waals surface area contributed by atoms with Crippen molar-refractivity contribution in [3.8, 4) is 5.82 Å². The summed E-state index contributed by atoms with van der Waals surface area (Å²) in [5, 5.41) is 7.21. The van der Waals surface area contributed by atoms with Crippen molar-refractivity contribution in [2.45, 2.75) is 39.7 Å². The molecule has 0 spiro atoms. The Hall–Kier alpha value is -3.08. The maximum absolute atomic E-state index is 12.4. The maximum Gasteiger partial charge on any atom is 0.244 e. The van der Waals surface area contributed by atoms with Gasteiger partial charge >= 0.3 is 0 Å². The van der Waals surface area contributed by atoms with E-state index in [1.807, 2.05) is 49.6 Å². The van der Waals surface area contributed by atoms with Crippen LogP contribution in [0.2, 0.25) is 0 Å². The Bertz CT molecular complexity index is 1030. The molecule has 27 heavy (non-hydrogen) atoms. The van der Waals surface area contributed by atoms with Crippen LogP contribution in [0, 0.1) is 20.8 Å². The van der Waals surface area contributed by atoms with Gasteiger partial charge in [0, 0.05) is 23.5 Å². The highest BCUT2D eigenvalue weighted by Crippen LogP contribution is 2.30. The quantitative estimate of drug-likeness (QED) is 0.708. The molecule has 3 aromatic rings. The fourth-order valence-electron chi connectivity index (χ4n) is 3.86. The summed E-state index contributed by atoms with van der Waals surface area (Å²) in [5.74, 6) is 1.46. The predicted molar refractivity (Wildman–Crippen MR) is 105 cm³/mol. The minimum Gasteiger partial charge on any atom is -0.360 e. The molecule has 0 fully saturated rings. The van der Waals surface area contributed by atoms with Gasteiger partial charge in [-0.2, -0.15) is 0 Å². The number of nitrogens with one attached hydrogen (secondary N) is 1. The predicted octanol–water partition coefficient (Wildman–Crippen LogP) is 4.21. The van der Waals surface area contributed by atoms with Gasteiger partial charge in [0.05, 0.1) is 6.04 Å². The van der Waals surface area contributed by atoms with Crippen LogP contribution in [0.5, 0.6) is 0 Å². The van der Waals surface area contributed by atoms with Gasteiger partial charge in [-0.15, -0.1) is 0 Å². The van der Waals surface area contributed by atoms with E-state index in [4.69, 9.17) is 4.52 Å². The average Bonchev–Trinajstić information content (AvgIpc) is 3.32. The summed E-state index contributed by atoms with van der Waals surface area (Å²) in [6.07, 6.45) is 5.45. The monoisotopic (exact) mass is 361 g/mol. The molecule has 1 aliphatic rings. The van der Waals surface area contributed by atoms with Crippen LogP contribution in [-0.4, -0.2) is 15.6 Å². The second-order valence-corrected chi connectivity index (χ2v) is 7.09. The molecule has 138 valence electrons. The number of benzene rings is 1. The molecule has 5 heteroatoms. The van der Waals surface area contributed by atoms with E-state index >= 15 is 0 Å². The smallest absolute Gasteiger partial charge is 0.244 e. The normalized spacial score (nSPS) is 16.0. The van der Waals surface area contributed by atoms with E-state index in [0.717, 1.165) is 41.4 Å². The van der Waals surface area contributed by atoms with E-state index in [1.165, 1.54) is 11.1 Å². The van der Waals surface area contributed by atoms with E-state index in [9.17, 15) is 4.79 Å².